The van der Waals surface area contributed by atoms with E-state index >= 15 is 0 Å². The lowest BCUT2D eigenvalue weighted by Gasteiger charge is -2.25. The van der Waals surface area contributed by atoms with Crippen molar-refractivity contribution in [1.29, 1.82) is 0 Å². The van der Waals surface area contributed by atoms with Crippen LogP contribution in [0.4, 0.5) is 0 Å². The van der Waals surface area contributed by atoms with Gasteiger partial charge in [0.25, 0.3) is 0 Å². The van der Waals surface area contributed by atoms with Crippen molar-refractivity contribution in [1.82, 2.24) is 9.80 Å². The largest absolute Gasteiger partial charge is 0.481 e. The Morgan fingerprint density at radius 1 is 1.53 bits per heavy atom. The second-order valence-electron chi connectivity index (χ2n) is 4.84. The highest BCUT2D eigenvalue weighted by Gasteiger charge is 2.17. The van der Waals surface area contributed by atoms with Gasteiger partial charge in [-0.2, -0.15) is 0 Å². The summed E-state index contributed by atoms with van der Waals surface area (Å²) in [4.78, 5) is 15.5. The van der Waals surface area contributed by atoms with Crippen LogP contribution in [0.2, 0.25) is 0 Å². The molecule has 17 heavy (non-hydrogen) atoms. The molecule has 0 aromatic rings. The predicted molar refractivity (Wildman–Crippen MR) is 69.1 cm³/mol. The lowest BCUT2D eigenvalue weighted by Crippen LogP contribution is -2.37. The fourth-order valence-corrected chi connectivity index (χ4v) is 2.19. The Morgan fingerprint density at radius 3 is 2.71 bits per heavy atom. The van der Waals surface area contributed by atoms with Crippen molar-refractivity contribution in [3.05, 3.63) is 12.7 Å². The first-order chi connectivity index (χ1) is 8.13. The van der Waals surface area contributed by atoms with Crippen molar-refractivity contribution in [3.63, 3.8) is 0 Å². The van der Waals surface area contributed by atoms with Crippen molar-refractivity contribution >= 4 is 5.97 Å². The van der Waals surface area contributed by atoms with Crippen molar-refractivity contribution in [3.8, 4) is 0 Å². The van der Waals surface area contributed by atoms with Gasteiger partial charge in [0.1, 0.15) is 0 Å². The number of hydrogen-bond acceptors (Lipinski definition) is 3. The zero-order chi connectivity index (χ0) is 12.7. The molecule has 4 nitrogen and oxygen atoms in total. The first-order valence-corrected chi connectivity index (χ1v) is 6.42. The summed E-state index contributed by atoms with van der Waals surface area (Å²) in [6.45, 7) is 11.2. The average molecular weight is 240 g/mol. The molecule has 1 N–H and O–H groups in total. The summed E-state index contributed by atoms with van der Waals surface area (Å²) in [6.07, 6.45) is 4.44. The molecule has 0 aromatic heterocycles. The van der Waals surface area contributed by atoms with Crippen LogP contribution in [0.5, 0.6) is 0 Å². The number of aliphatic carboxylic acids is 1. The summed E-state index contributed by atoms with van der Waals surface area (Å²) in [6, 6.07) is 0. The van der Waals surface area contributed by atoms with Gasteiger partial charge in [-0.3, -0.25) is 9.69 Å². The van der Waals surface area contributed by atoms with Crippen LogP contribution < -0.4 is 0 Å². The van der Waals surface area contributed by atoms with Crippen molar-refractivity contribution in [2.24, 2.45) is 5.92 Å². The van der Waals surface area contributed by atoms with Gasteiger partial charge in [-0.25, -0.2) is 0 Å². The van der Waals surface area contributed by atoms with E-state index in [9.17, 15) is 4.79 Å². The van der Waals surface area contributed by atoms with Crippen LogP contribution in [0.15, 0.2) is 12.7 Å². The molecule has 0 aromatic carbocycles. The van der Waals surface area contributed by atoms with E-state index in [-0.39, 0.29) is 5.92 Å². The molecule has 1 aliphatic rings. The highest BCUT2D eigenvalue weighted by atomic mass is 16.4. The first-order valence-electron chi connectivity index (χ1n) is 6.42. The van der Waals surface area contributed by atoms with E-state index in [1.807, 2.05) is 6.08 Å². The van der Waals surface area contributed by atoms with Gasteiger partial charge >= 0.3 is 5.97 Å². The molecule has 1 unspecified atom stereocenters. The molecule has 1 saturated heterocycles. The van der Waals surface area contributed by atoms with Gasteiger partial charge in [0, 0.05) is 26.2 Å². The summed E-state index contributed by atoms with van der Waals surface area (Å²) in [5.41, 5.74) is 0. The van der Waals surface area contributed by atoms with Gasteiger partial charge in [0.05, 0.1) is 5.92 Å². The third-order valence-electron chi connectivity index (χ3n) is 3.27. The minimum absolute atomic E-state index is 0.312. The number of nitrogens with zero attached hydrogens (tertiary/aromatic N) is 2. The van der Waals surface area contributed by atoms with Gasteiger partial charge in [-0.1, -0.05) is 13.0 Å². The second-order valence-corrected chi connectivity index (χ2v) is 4.84. The maximum Gasteiger partial charge on any atom is 0.307 e. The van der Waals surface area contributed by atoms with Crippen molar-refractivity contribution in [2.45, 2.75) is 19.8 Å². The van der Waals surface area contributed by atoms with Gasteiger partial charge in [-0.05, 0) is 25.9 Å². The number of carbonyl (C=O) groups is 1. The Kier molecular flexibility index (Phi) is 6.22. The summed E-state index contributed by atoms with van der Waals surface area (Å²) in [5, 5.41) is 8.92. The number of carboxylic acids is 1. The molecule has 0 spiro atoms. The van der Waals surface area contributed by atoms with E-state index in [2.05, 4.69) is 16.4 Å². The molecular formula is C13H24N2O2. The lowest BCUT2D eigenvalue weighted by atomic mass is 10.1. The Morgan fingerprint density at radius 2 is 2.18 bits per heavy atom. The zero-order valence-corrected chi connectivity index (χ0v) is 10.8. The van der Waals surface area contributed by atoms with Crippen LogP contribution in [-0.4, -0.2) is 60.1 Å². The van der Waals surface area contributed by atoms with Crippen LogP contribution in [-0.2, 0) is 4.79 Å². The summed E-state index contributed by atoms with van der Waals surface area (Å²) in [7, 11) is 0. The number of hydrogen-bond donors (Lipinski definition) is 1. The standard InChI is InChI=1S/C13H24N2O2/c1-3-6-15(11-12(2)13(16)17)10-9-14-7-4-5-8-14/h3,12H,1,4-11H2,2H3,(H,16,17). The van der Waals surface area contributed by atoms with E-state index in [4.69, 9.17) is 5.11 Å². The zero-order valence-electron chi connectivity index (χ0n) is 10.8. The van der Waals surface area contributed by atoms with Gasteiger partial charge < -0.3 is 10.0 Å². The Balaban J connectivity index is 2.30. The van der Waals surface area contributed by atoms with Gasteiger partial charge in [0.15, 0.2) is 0 Å². The van der Waals surface area contributed by atoms with E-state index < -0.39 is 5.97 Å². The van der Waals surface area contributed by atoms with Crippen molar-refractivity contribution < 1.29 is 9.90 Å². The van der Waals surface area contributed by atoms with Crippen LogP contribution in [0.25, 0.3) is 0 Å². The SMILES string of the molecule is C=CCN(CCN1CCCC1)CC(C)C(=O)O. The molecule has 1 atom stereocenters. The molecule has 1 rings (SSSR count). The van der Waals surface area contributed by atoms with E-state index in [0.29, 0.717) is 6.54 Å². The summed E-state index contributed by atoms with van der Waals surface area (Å²) >= 11 is 0. The van der Waals surface area contributed by atoms with Gasteiger partial charge in [0.2, 0.25) is 0 Å². The van der Waals surface area contributed by atoms with E-state index in [1.54, 1.807) is 6.92 Å². The number of carboxylic acid groups (broad SMARTS) is 1. The Labute approximate surface area is 104 Å². The van der Waals surface area contributed by atoms with Gasteiger partial charge in [-0.15, -0.1) is 6.58 Å². The smallest absolute Gasteiger partial charge is 0.307 e. The molecule has 0 radical (unpaired) electrons. The van der Waals surface area contributed by atoms with Crippen LogP contribution in [0.1, 0.15) is 19.8 Å². The minimum atomic E-state index is -0.722. The molecule has 1 aliphatic heterocycles. The molecular weight excluding hydrogens is 216 g/mol. The monoisotopic (exact) mass is 240 g/mol. The third-order valence-corrected chi connectivity index (χ3v) is 3.27. The Bertz CT molecular complexity index is 250. The first kappa shape index (κ1) is 14.2. The fraction of sp³-hybridized carbons (Fsp3) is 0.769. The molecule has 4 heteroatoms. The topological polar surface area (TPSA) is 43.8 Å². The van der Waals surface area contributed by atoms with E-state index in [1.165, 1.54) is 25.9 Å². The van der Waals surface area contributed by atoms with Crippen LogP contribution in [0, 0.1) is 5.92 Å². The normalized spacial score (nSPS) is 18.5. The van der Waals surface area contributed by atoms with E-state index in [0.717, 1.165) is 19.6 Å². The quantitative estimate of drug-likeness (QED) is 0.649. The van der Waals surface area contributed by atoms with Crippen LogP contribution in [0.3, 0.4) is 0 Å². The highest BCUT2D eigenvalue weighted by molar-refractivity contribution is 5.69. The number of likely N-dealkylation sites (tertiary alicyclic amines) is 1. The predicted octanol–water partition coefficient (Wildman–Crippen LogP) is 1.29. The third kappa shape index (κ3) is 5.33. The maximum atomic E-state index is 10.8. The molecule has 98 valence electrons. The molecule has 1 heterocycles. The molecule has 0 bridgehead atoms. The second kappa shape index (κ2) is 7.45. The molecule has 1 fully saturated rings. The van der Waals surface area contributed by atoms with Crippen LogP contribution >= 0.6 is 0 Å². The summed E-state index contributed by atoms with van der Waals surface area (Å²) < 4.78 is 0. The highest BCUT2D eigenvalue weighted by Crippen LogP contribution is 2.07. The lowest BCUT2D eigenvalue weighted by molar-refractivity contribution is -0.141. The molecule has 0 aliphatic carbocycles. The average Bonchev–Trinajstić information content (AvgIpc) is 2.78. The fourth-order valence-electron chi connectivity index (χ4n) is 2.19. The summed E-state index contributed by atoms with van der Waals surface area (Å²) in [5.74, 6) is -1.03. The minimum Gasteiger partial charge on any atom is -0.481 e. The number of rotatable bonds is 8. The molecule has 0 amide bonds. The Hall–Kier alpha value is -0.870. The van der Waals surface area contributed by atoms with Crippen molar-refractivity contribution in [2.75, 3.05) is 39.3 Å². The maximum absolute atomic E-state index is 10.8. The molecule has 0 saturated carbocycles.